The number of hydrogen-bond acceptors (Lipinski definition) is 1. The first-order chi connectivity index (χ1) is 6.79. The summed E-state index contributed by atoms with van der Waals surface area (Å²) in [6, 6.07) is 11.5. The molecule has 0 saturated heterocycles. The normalized spacial score (nSPS) is 11.4. The monoisotopic (exact) mass is 177 g/mol. The molecule has 0 aliphatic heterocycles. The molecule has 0 atom stereocenters. The summed E-state index contributed by atoms with van der Waals surface area (Å²) in [6.45, 7) is 0. The third kappa shape index (κ3) is 0.758. The molecule has 0 amide bonds. The fourth-order valence-electron chi connectivity index (χ4n) is 2.02. The van der Waals surface area contributed by atoms with Crippen LogP contribution in [0.25, 0.3) is 21.5 Å². The van der Waals surface area contributed by atoms with Crippen LogP contribution in [0.3, 0.4) is 0 Å². The average molecular weight is 177 g/mol. The predicted molar refractivity (Wildman–Crippen MR) is 59.1 cm³/mol. The average Bonchev–Trinajstić information content (AvgIpc) is 2.47. The summed E-state index contributed by atoms with van der Waals surface area (Å²) >= 11 is 0. The van der Waals surface area contributed by atoms with Crippen molar-refractivity contribution in [1.29, 1.82) is 0 Å². The van der Waals surface area contributed by atoms with Gasteiger partial charge in [0.05, 0.1) is 0 Å². The van der Waals surface area contributed by atoms with Gasteiger partial charge in [0.2, 0.25) is 0 Å². The molecule has 3 rings (SSSR count). The molecule has 0 saturated carbocycles. The van der Waals surface area contributed by atoms with E-state index in [0.717, 1.165) is 21.5 Å². The van der Waals surface area contributed by atoms with Gasteiger partial charge >= 0.3 is 80.8 Å². The SMILES string of the molecule is [B]=c1c(=O)c2cccc3cccc1c32. The van der Waals surface area contributed by atoms with E-state index in [1.165, 1.54) is 0 Å². The molecular weight excluding hydrogens is 171 g/mol. The van der Waals surface area contributed by atoms with Crippen LogP contribution in [0.15, 0.2) is 41.2 Å². The van der Waals surface area contributed by atoms with Gasteiger partial charge < -0.3 is 0 Å². The molecule has 1 radical (unpaired) electrons. The second kappa shape index (κ2) is 2.41. The van der Waals surface area contributed by atoms with Crippen molar-refractivity contribution in [2.75, 3.05) is 0 Å². The molecule has 0 aliphatic carbocycles. The Balaban J connectivity index is 2.91. The van der Waals surface area contributed by atoms with E-state index in [1.807, 2.05) is 36.4 Å². The van der Waals surface area contributed by atoms with Crippen molar-refractivity contribution in [1.82, 2.24) is 0 Å². The zero-order valence-electron chi connectivity index (χ0n) is 7.45. The Labute approximate surface area is 81.4 Å². The Morgan fingerprint density at radius 2 is 1.57 bits per heavy atom. The van der Waals surface area contributed by atoms with Gasteiger partial charge in [0.1, 0.15) is 0 Å². The van der Waals surface area contributed by atoms with E-state index in [1.54, 1.807) is 0 Å². The molecule has 63 valence electrons. The molecule has 0 unspecified atom stereocenters. The van der Waals surface area contributed by atoms with Crippen molar-refractivity contribution in [2.45, 2.75) is 0 Å². The molecule has 0 heterocycles. The summed E-state index contributed by atoms with van der Waals surface area (Å²) in [7, 11) is 5.75. The summed E-state index contributed by atoms with van der Waals surface area (Å²) in [5, 5.41) is 4.06. The van der Waals surface area contributed by atoms with Crippen LogP contribution in [0.2, 0.25) is 0 Å². The van der Waals surface area contributed by atoms with Crippen LogP contribution in [0, 0.1) is 5.11 Å². The van der Waals surface area contributed by atoms with E-state index in [9.17, 15) is 4.79 Å². The summed E-state index contributed by atoms with van der Waals surface area (Å²) < 4.78 is 0. The van der Waals surface area contributed by atoms with Gasteiger partial charge in [0, 0.05) is 0 Å². The van der Waals surface area contributed by atoms with Crippen molar-refractivity contribution in [3.63, 3.8) is 0 Å². The summed E-state index contributed by atoms with van der Waals surface area (Å²) in [6.07, 6.45) is 0. The molecule has 0 spiro atoms. The van der Waals surface area contributed by atoms with E-state index in [2.05, 4.69) is 0 Å². The Kier molecular flexibility index (Phi) is 1.32. The Bertz CT molecular complexity index is 659. The fraction of sp³-hybridized carbons (Fsp3) is 0. The van der Waals surface area contributed by atoms with Gasteiger partial charge in [0.15, 0.2) is 0 Å². The predicted octanol–water partition coefficient (Wildman–Crippen LogP) is 1.93. The number of benzene rings is 2. The third-order valence-electron chi connectivity index (χ3n) is 2.68. The van der Waals surface area contributed by atoms with E-state index in [-0.39, 0.29) is 5.43 Å². The fourth-order valence-corrected chi connectivity index (χ4v) is 2.02. The van der Waals surface area contributed by atoms with Crippen LogP contribution >= 0.6 is 0 Å². The summed E-state index contributed by atoms with van der Waals surface area (Å²) in [5.41, 5.74) is -0.0446. The summed E-state index contributed by atoms with van der Waals surface area (Å²) in [5.74, 6) is 0. The van der Waals surface area contributed by atoms with Gasteiger partial charge in [-0.15, -0.1) is 0 Å². The van der Waals surface area contributed by atoms with Gasteiger partial charge in [0.25, 0.3) is 0 Å². The van der Waals surface area contributed by atoms with E-state index < -0.39 is 0 Å². The molecule has 0 fully saturated rings. The van der Waals surface area contributed by atoms with Crippen molar-refractivity contribution in [2.24, 2.45) is 0 Å². The van der Waals surface area contributed by atoms with Crippen molar-refractivity contribution >= 4 is 29.0 Å². The van der Waals surface area contributed by atoms with Crippen molar-refractivity contribution in [3.8, 4) is 0 Å². The van der Waals surface area contributed by atoms with Gasteiger partial charge in [-0.3, -0.25) is 0 Å². The third-order valence-corrected chi connectivity index (χ3v) is 2.68. The molecule has 3 aromatic carbocycles. The molecule has 3 aromatic rings. The minimum atomic E-state index is -0.0446. The van der Waals surface area contributed by atoms with Crippen LogP contribution in [0.1, 0.15) is 0 Å². The Hall–Kier alpha value is -1.70. The maximum atomic E-state index is 11.7. The molecule has 0 aromatic heterocycles. The van der Waals surface area contributed by atoms with Gasteiger partial charge in [-0.1, -0.05) is 0 Å². The van der Waals surface area contributed by atoms with Gasteiger partial charge in [-0.25, -0.2) is 0 Å². The van der Waals surface area contributed by atoms with E-state index in [0.29, 0.717) is 5.11 Å². The molecule has 0 bridgehead atoms. The molecule has 0 aliphatic rings. The van der Waals surface area contributed by atoms with Crippen molar-refractivity contribution < 1.29 is 0 Å². The molecule has 1 nitrogen and oxygen atoms in total. The first-order valence-corrected chi connectivity index (χ1v) is 4.48. The van der Waals surface area contributed by atoms with Crippen LogP contribution in [-0.2, 0) is 0 Å². The zero-order valence-corrected chi connectivity index (χ0v) is 7.45. The van der Waals surface area contributed by atoms with E-state index in [4.69, 9.17) is 7.49 Å². The molecule has 0 N–H and O–H groups in total. The second-order valence-corrected chi connectivity index (χ2v) is 3.45. The number of rotatable bonds is 0. The first kappa shape index (κ1) is 7.68. The second-order valence-electron chi connectivity index (χ2n) is 3.45. The minimum absolute atomic E-state index is 0.0446. The summed E-state index contributed by atoms with van der Waals surface area (Å²) in [4.78, 5) is 11.7. The van der Waals surface area contributed by atoms with Crippen molar-refractivity contribution in [3.05, 3.63) is 51.7 Å². The van der Waals surface area contributed by atoms with Crippen LogP contribution in [-0.4, -0.2) is 7.49 Å². The van der Waals surface area contributed by atoms with Gasteiger partial charge in [-0.2, -0.15) is 0 Å². The zero-order chi connectivity index (χ0) is 9.71. The Morgan fingerprint density at radius 1 is 0.929 bits per heavy atom. The molecule has 14 heavy (non-hydrogen) atoms. The standard InChI is InChI=1S/C12H6BO/c13-11-8-5-1-3-7-4-2-6-9(10(7)8)12(11)14/h1-6H. The Morgan fingerprint density at radius 3 is 2.29 bits per heavy atom. The topological polar surface area (TPSA) is 17.1 Å². The molecule has 2 heteroatoms. The maximum absolute atomic E-state index is 11.7. The van der Waals surface area contributed by atoms with Crippen LogP contribution in [0.4, 0.5) is 0 Å². The number of hydrogen-bond donors (Lipinski definition) is 0. The first-order valence-electron chi connectivity index (χ1n) is 4.48. The van der Waals surface area contributed by atoms with Crippen LogP contribution in [0.5, 0.6) is 0 Å². The quantitative estimate of drug-likeness (QED) is 0.479. The van der Waals surface area contributed by atoms with E-state index >= 15 is 0 Å². The van der Waals surface area contributed by atoms with Crippen LogP contribution < -0.4 is 5.43 Å². The molecular formula is C12H6BO. The van der Waals surface area contributed by atoms with Gasteiger partial charge in [-0.05, 0) is 0 Å².